The second-order valence-electron chi connectivity index (χ2n) is 2.53. The van der Waals surface area contributed by atoms with Crippen LogP contribution in [0.15, 0.2) is 24.3 Å². The molecule has 0 saturated heterocycles. The minimum Gasteiger partial charge on any atom is -0.298 e. The van der Waals surface area contributed by atoms with E-state index in [1.165, 1.54) is 0 Å². The molecule has 0 saturated carbocycles. The summed E-state index contributed by atoms with van der Waals surface area (Å²) >= 11 is 0. The largest absolute Gasteiger partial charge is 0.298 e. The molecule has 0 atom stereocenters. The zero-order chi connectivity index (χ0) is 7.84. The molecule has 1 aromatic carbocycles. The molecule has 3 heteroatoms. The highest BCUT2D eigenvalue weighted by atomic mass is 16.3. The fourth-order valence-electron chi connectivity index (χ4n) is 1.26. The molecule has 54 valence electrons. The van der Waals surface area contributed by atoms with Crippen molar-refractivity contribution in [1.29, 1.82) is 5.41 Å². The molecule has 1 aliphatic heterocycles. The first-order chi connectivity index (χ1) is 5.29. The maximum atomic E-state index is 11.1. The van der Waals surface area contributed by atoms with Crippen molar-refractivity contribution in [2.45, 2.75) is 0 Å². The highest BCUT2D eigenvalue weighted by Crippen LogP contribution is 2.24. The lowest BCUT2D eigenvalue weighted by Gasteiger charge is -1.85. The molecule has 2 rings (SSSR count). The van der Waals surface area contributed by atoms with Gasteiger partial charge in [0.2, 0.25) is 6.54 Å². The van der Waals surface area contributed by atoms with E-state index >= 15 is 0 Å². The first-order valence-electron chi connectivity index (χ1n) is 3.40. The molecule has 0 bridgehead atoms. The van der Waals surface area contributed by atoms with Crippen molar-refractivity contribution in [3.05, 3.63) is 34.7 Å². The Morgan fingerprint density at radius 1 is 1.36 bits per heavy atom. The van der Waals surface area contributed by atoms with Crippen LogP contribution in [-0.4, -0.2) is 17.0 Å². The van der Waals surface area contributed by atoms with E-state index in [0.717, 1.165) is 10.3 Å². The zero-order valence-electron chi connectivity index (χ0n) is 5.87. The first-order valence-corrected chi connectivity index (χ1v) is 3.40. The van der Waals surface area contributed by atoms with Gasteiger partial charge in [-0.15, -0.1) is 0 Å². The summed E-state index contributed by atoms with van der Waals surface area (Å²) in [4.78, 5) is 11.1. The summed E-state index contributed by atoms with van der Waals surface area (Å²) in [5.41, 5.74) is 1.80. The van der Waals surface area contributed by atoms with Crippen LogP contribution in [0, 0.1) is 10.3 Å². The van der Waals surface area contributed by atoms with Crippen molar-refractivity contribution >= 4 is 11.4 Å². The summed E-state index contributed by atoms with van der Waals surface area (Å²) in [5, 5.41) is 7.42. The number of nitroso groups, excluding NO2 is 1. The van der Waals surface area contributed by atoms with Crippen LogP contribution >= 0.6 is 0 Å². The Balaban J connectivity index is 2.69. The smallest absolute Gasteiger partial charge is 0.265 e. The Labute approximate surface area is 63.7 Å². The van der Waals surface area contributed by atoms with Crippen LogP contribution < -0.4 is 0 Å². The zero-order valence-corrected chi connectivity index (χ0v) is 5.87. The van der Waals surface area contributed by atoms with Gasteiger partial charge in [0, 0.05) is 15.7 Å². The number of rotatable bonds is 0. The predicted octanol–water partition coefficient (Wildman–Crippen LogP) is 1.48. The Hall–Kier alpha value is -1.51. The van der Waals surface area contributed by atoms with Crippen LogP contribution in [0.2, 0.25) is 0 Å². The fraction of sp³-hybridized carbons (Fsp3) is 0.125. The summed E-state index contributed by atoms with van der Waals surface area (Å²) in [6, 6.07) is 7.19. The Kier molecular flexibility index (Phi) is 1.12. The van der Waals surface area contributed by atoms with E-state index in [1.54, 1.807) is 12.1 Å². The second kappa shape index (κ2) is 1.99. The lowest BCUT2D eigenvalue weighted by atomic mass is 10.1. The lowest BCUT2D eigenvalue weighted by Crippen LogP contribution is -2.01. The van der Waals surface area contributed by atoms with Crippen LogP contribution in [0.4, 0.5) is 5.69 Å². The van der Waals surface area contributed by atoms with Gasteiger partial charge in [0.05, 0.1) is 5.56 Å². The second-order valence-corrected chi connectivity index (χ2v) is 2.53. The van der Waals surface area contributed by atoms with E-state index in [9.17, 15) is 4.91 Å². The average molecular weight is 147 g/mol. The van der Waals surface area contributed by atoms with Crippen molar-refractivity contribution in [1.82, 2.24) is 0 Å². The Morgan fingerprint density at radius 3 is 2.82 bits per heavy atom. The van der Waals surface area contributed by atoms with Crippen LogP contribution in [0.3, 0.4) is 0 Å². The summed E-state index contributed by atoms with van der Waals surface area (Å²) < 4.78 is 0.845. The van der Waals surface area contributed by atoms with Gasteiger partial charge in [-0.25, -0.2) is 0 Å². The minimum absolute atomic E-state index is 0.194. The van der Waals surface area contributed by atoms with Gasteiger partial charge in [0.15, 0.2) is 0 Å². The fourth-order valence-corrected chi connectivity index (χ4v) is 1.26. The van der Waals surface area contributed by atoms with Crippen molar-refractivity contribution in [2.24, 2.45) is 0 Å². The molecule has 1 aliphatic rings. The Bertz CT molecular complexity index is 311. The number of hydrogen-bond acceptors (Lipinski definition) is 2. The van der Waals surface area contributed by atoms with Gasteiger partial charge in [-0.1, -0.05) is 12.1 Å². The lowest BCUT2D eigenvalue weighted by molar-refractivity contribution is -0.440. The van der Waals surface area contributed by atoms with E-state index in [1.807, 2.05) is 12.1 Å². The molecule has 1 N–H and O–H groups in total. The molecule has 0 aromatic heterocycles. The van der Waals surface area contributed by atoms with Gasteiger partial charge >= 0.3 is 0 Å². The molecule has 0 fully saturated rings. The van der Waals surface area contributed by atoms with E-state index in [2.05, 4.69) is 0 Å². The summed E-state index contributed by atoms with van der Waals surface area (Å²) in [6.45, 7) is 0.194. The summed E-state index contributed by atoms with van der Waals surface area (Å²) in [5.74, 6) is 0. The van der Waals surface area contributed by atoms with Gasteiger partial charge in [0.25, 0.3) is 5.69 Å². The van der Waals surface area contributed by atoms with Gasteiger partial charge in [-0.2, -0.15) is 0 Å². The molecule has 3 nitrogen and oxygen atoms in total. The molecule has 0 unspecified atom stereocenters. The molecule has 0 radical (unpaired) electrons. The minimum atomic E-state index is 0.194. The van der Waals surface area contributed by atoms with Crippen LogP contribution in [0.5, 0.6) is 0 Å². The van der Waals surface area contributed by atoms with Gasteiger partial charge in [-0.3, -0.25) is 5.41 Å². The molecule has 0 amide bonds. The molecule has 1 aromatic rings. The van der Waals surface area contributed by atoms with Gasteiger partial charge < -0.3 is 0 Å². The van der Waals surface area contributed by atoms with Crippen LogP contribution in [0.25, 0.3) is 0 Å². The number of benzene rings is 1. The number of hydrogen-bond donors (Lipinski definition) is 1. The number of nitrogens with zero attached hydrogens (tertiary/aromatic N) is 1. The van der Waals surface area contributed by atoms with Crippen LogP contribution in [0.1, 0.15) is 5.56 Å². The van der Waals surface area contributed by atoms with Crippen LogP contribution in [-0.2, 0) is 0 Å². The van der Waals surface area contributed by atoms with E-state index in [4.69, 9.17) is 5.41 Å². The maximum Gasteiger partial charge on any atom is 0.265 e. The summed E-state index contributed by atoms with van der Waals surface area (Å²) in [6.07, 6.45) is 0. The van der Waals surface area contributed by atoms with Crippen molar-refractivity contribution in [3.63, 3.8) is 0 Å². The quantitative estimate of drug-likeness (QED) is 0.555. The van der Waals surface area contributed by atoms with E-state index in [0.29, 0.717) is 11.4 Å². The molecule has 0 spiro atoms. The predicted molar refractivity (Wildman–Crippen MR) is 41.4 cm³/mol. The van der Waals surface area contributed by atoms with Gasteiger partial charge in [0.1, 0.15) is 5.71 Å². The van der Waals surface area contributed by atoms with Crippen molar-refractivity contribution in [2.75, 3.05) is 6.54 Å². The van der Waals surface area contributed by atoms with Gasteiger partial charge in [-0.05, 0) is 6.07 Å². The van der Waals surface area contributed by atoms with Crippen molar-refractivity contribution in [3.8, 4) is 0 Å². The highest BCUT2D eigenvalue weighted by molar-refractivity contribution is 6.04. The Morgan fingerprint density at radius 2 is 2.09 bits per heavy atom. The highest BCUT2D eigenvalue weighted by Gasteiger charge is 2.31. The SMILES string of the molecule is N=C1C[N+](=O)c2ccccc21. The third kappa shape index (κ3) is 0.774. The number of para-hydroxylation sites is 1. The van der Waals surface area contributed by atoms with E-state index < -0.39 is 0 Å². The molecule has 0 aliphatic carbocycles. The molecular formula is C8H7N2O+. The molecule has 11 heavy (non-hydrogen) atoms. The normalized spacial score (nSPS) is 15.3. The van der Waals surface area contributed by atoms with E-state index in [-0.39, 0.29) is 6.54 Å². The third-order valence-corrected chi connectivity index (χ3v) is 1.80. The average Bonchev–Trinajstić information content (AvgIpc) is 2.30. The topological polar surface area (TPSA) is 43.9 Å². The van der Waals surface area contributed by atoms with Crippen molar-refractivity contribution < 1.29 is 4.76 Å². The monoisotopic (exact) mass is 147 g/mol. The maximum absolute atomic E-state index is 11.1. The molecule has 1 heterocycles. The number of fused-ring (bicyclic) bond motifs is 1. The standard InChI is InChI=1S/C8H7N2O/c9-7-5-10(11)8-4-2-1-3-6(7)8/h1-4,9H,5H2/q+1. The molecular weight excluding hydrogens is 140 g/mol. The summed E-state index contributed by atoms with van der Waals surface area (Å²) in [7, 11) is 0. The number of nitrogens with one attached hydrogen (secondary N) is 1. The third-order valence-electron chi connectivity index (χ3n) is 1.80. The first kappa shape index (κ1) is 6.22.